The maximum atomic E-state index is 14.9. The molecule has 4 atom stereocenters. The fraction of sp³-hybridized carbons (Fsp3) is 0.438. The Bertz CT molecular complexity index is 1110. The molecule has 4 rings (SSSR count). The van der Waals surface area contributed by atoms with Crippen molar-refractivity contribution in [2.45, 2.75) is 64.2 Å². The van der Waals surface area contributed by atoms with Crippen LogP contribution in [0.3, 0.4) is 0 Å². The van der Waals surface area contributed by atoms with E-state index in [0.717, 1.165) is 29.7 Å². The van der Waals surface area contributed by atoms with Crippen LogP contribution in [0.25, 0.3) is 0 Å². The van der Waals surface area contributed by atoms with Crippen molar-refractivity contribution in [3.8, 4) is 17.6 Å². The van der Waals surface area contributed by atoms with Crippen molar-refractivity contribution in [1.29, 1.82) is 0 Å². The summed E-state index contributed by atoms with van der Waals surface area (Å²) in [4.78, 5) is 0. The summed E-state index contributed by atoms with van der Waals surface area (Å²) in [5, 5.41) is 0. The van der Waals surface area contributed by atoms with Crippen LogP contribution in [-0.4, -0.2) is 6.61 Å². The van der Waals surface area contributed by atoms with Crippen molar-refractivity contribution < 1.29 is 13.5 Å². The Hall–Kier alpha value is -2.86. The lowest BCUT2D eigenvalue weighted by Crippen LogP contribution is -2.30. The number of ether oxygens (including phenoxy) is 1. The van der Waals surface area contributed by atoms with Gasteiger partial charge in [0.2, 0.25) is 0 Å². The van der Waals surface area contributed by atoms with Crippen LogP contribution >= 0.6 is 0 Å². The van der Waals surface area contributed by atoms with Gasteiger partial charge in [-0.25, -0.2) is 8.78 Å². The van der Waals surface area contributed by atoms with Crippen molar-refractivity contribution in [3.05, 3.63) is 89.5 Å². The third-order valence-electron chi connectivity index (χ3n) is 7.80. The zero-order chi connectivity index (χ0) is 24.6. The highest BCUT2D eigenvalue weighted by Gasteiger charge is 2.35. The number of allylic oxidation sites excluding steroid dienone is 2. The molecule has 0 N–H and O–H groups in total. The first-order chi connectivity index (χ1) is 17.1. The van der Waals surface area contributed by atoms with Crippen molar-refractivity contribution in [1.82, 2.24) is 0 Å². The lowest BCUT2D eigenvalue weighted by Gasteiger charge is -2.42. The molecule has 0 heterocycles. The Kier molecular flexibility index (Phi) is 8.80. The molecule has 0 spiro atoms. The van der Waals surface area contributed by atoms with Gasteiger partial charge in [0.15, 0.2) is 0 Å². The second-order valence-electron chi connectivity index (χ2n) is 10.1. The minimum absolute atomic E-state index is 0.221. The predicted molar refractivity (Wildman–Crippen MR) is 139 cm³/mol. The van der Waals surface area contributed by atoms with Gasteiger partial charge in [-0.15, -0.1) is 0 Å². The molecular formula is C32H36F2O. The van der Waals surface area contributed by atoms with Gasteiger partial charge in [-0.2, -0.15) is 0 Å². The molecule has 0 aliphatic heterocycles. The summed E-state index contributed by atoms with van der Waals surface area (Å²) in [7, 11) is 0. The first-order valence-electron chi connectivity index (χ1n) is 13.0. The zero-order valence-corrected chi connectivity index (χ0v) is 20.7. The van der Waals surface area contributed by atoms with Crippen LogP contribution < -0.4 is 4.74 Å². The molecule has 0 saturated heterocycles. The molecule has 0 radical (unpaired) electrons. The smallest absolute Gasteiger partial charge is 0.142 e. The van der Waals surface area contributed by atoms with Crippen molar-refractivity contribution in [3.63, 3.8) is 0 Å². The van der Waals surface area contributed by atoms with Crippen LogP contribution in [0.2, 0.25) is 0 Å². The summed E-state index contributed by atoms with van der Waals surface area (Å²) in [6, 6.07) is 9.92. The Morgan fingerprint density at radius 2 is 1.66 bits per heavy atom. The first-order valence-corrected chi connectivity index (χ1v) is 13.0. The molecule has 4 unspecified atom stereocenters. The van der Waals surface area contributed by atoms with Crippen LogP contribution in [-0.2, 0) is 0 Å². The molecular weight excluding hydrogens is 438 g/mol. The van der Waals surface area contributed by atoms with E-state index in [-0.39, 0.29) is 11.4 Å². The fourth-order valence-corrected chi connectivity index (χ4v) is 5.91. The third kappa shape index (κ3) is 6.63. The summed E-state index contributed by atoms with van der Waals surface area (Å²) in [6.45, 7) is 5.98. The topological polar surface area (TPSA) is 9.23 Å². The summed E-state index contributed by atoms with van der Waals surface area (Å²) in [5.41, 5.74) is 1.60. The number of rotatable bonds is 7. The molecule has 1 nitrogen and oxygen atoms in total. The van der Waals surface area contributed by atoms with E-state index in [4.69, 9.17) is 4.74 Å². The minimum Gasteiger partial charge on any atom is -0.489 e. The standard InChI is InChI=1S/C32H36F2O/c1-3-5-6-7-23-8-9-27-20-28(15-14-26(27)19-23)29-13-12-24(31(33)21-29)10-11-25-16-17-30(22-32(25)34)35-18-4-2/h3-5,12-13,16-17,21-23,26-28H,2,6-9,14-15,18-20H2,1H3/b5-3+. The van der Waals surface area contributed by atoms with Crippen molar-refractivity contribution in [2.24, 2.45) is 17.8 Å². The Balaban J connectivity index is 1.37. The second kappa shape index (κ2) is 12.2. The fourth-order valence-electron chi connectivity index (χ4n) is 5.91. The molecule has 2 aliphatic carbocycles. The number of hydrogen-bond acceptors (Lipinski definition) is 1. The first kappa shape index (κ1) is 25.2. The molecule has 0 bridgehead atoms. The Labute approximate surface area is 209 Å². The zero-order valence-electron chi connectivity index (χ0n) is 20.7. The van der Waals surface area contributed by atoms with Crippen LogP contribution in [0.4, 0.5) is 8.78 Å². The van der Waals surface area contributed by atoms with Gasteiger partial charge < -0.3 is 4.74 Å². The molecule has 2 saturated carbocycles. The summed E-state index contributed by atoms with van der Waals surface area (Å²) >= 11 is 0. The van der Waals surface area contributed by atoms with Gasteiger partial charge in [0.1, 0.15) is 24.0 Å². The monoisotopic (exact) mass is 474 g/mol. The molecule has 2 fully saturated rings. The van der Waals surface area contributed by atoms with E-state index in [9.17, 15) is 8.78 Å². The highest BCUT2D eigenvalue weighted by molar-refractivity contribution is 5.46. The lowest BCUT2D eigenvalue weighted by molar-refractivity contribution is 0.115. The normalized spacial score (nSPS) is 23.9. The van der Waals surface area contributed by atoms with Gasteiger partial charge in [-0.3, -0.25) is 0 Å². The van der Waals surface area contributed by atoms with E-state index in [1.54, 1.807) is 30.3 Å². The predicted octanol–water partition coefficient (Wildman–Crippen LogP) is 8.59. The van der Waals surface area contributed by atoms with E-state index in [0.29, 0.717) is 23.8 Å². The number of halogens is 2. The molecule has 2 aromatic rings. The van der Waals surface area contributed by atoms with Crippen LogP contribution in [0.5, 0.6) is 5.75 Å². The molecule has 35 heavy (non-hydrogen) atoms. The van der Waals surface area contributed by atoms with Crippen LogP contribution in [0.1, 0.15) is 80.9 Å². The van der Waals surface area contributed by atoms with Crippen molar-refractivity contribution in [2.75, 3.05) is 6.61 Å². The van der Waals surface area contributed by atoms with E-state index in [1.807, 2.05) is 6.07 Å². The van der Waals surface area contributed by atoms with Gasteiger partial charge >= 0.3 is 0 Å². The molecule has 3 heteroatoms. The number of benzene rings is 2. The Morgan fingerprint density at radius 3 is 2.37 bits per heavy atom. The molecule has 0 aromatic heterocycles. The second-order valence-corrected chi connectivity index (χ2v) is 10.1. The SMILES string of the molecule is C=CCOc1ccc(C#Cc2ccc(C3CCC4CC(CC/C=C/C)CCC4C3)cc2F)c(F)c1. The third-order valence-corrected chi connectivity index (χ3v) is 7.80. The highest BCUT2D eigenvalue weighted by Crippen LogP contribution is 2.48. The molecule has 184 valence electrons. The van der Waals surface area contributed by atoms with Gasteiger partial charge in [-0.05, 0) is 105 Å². The number of hydrogen-bond donors (Lipinski definition) is 0. The van der Waals surface area contributed by atoms with E-state index in [2.05, 4.69) is 37.5 Å². The van der Waals surface area contributed by atoms with E-state index < -0.39 is 5.82 Å². The van der Waals surface area contributed by atoms with E-state index in [1.165, 1.54) is 51.0 Å². The number of fused-ring (bicyclic) bond motifs is 1. The van der Waals surface area contributed by atoms with Crippen LogP contribution in [0.15, 0.2) is 61.2 Å². The molecule has 2 aliphatic rings. The van der Waals surface area contributed by atoms with E-state index >= 15 is 0 Å². The minimum atomic E-state index is -0.482. The van der Waals surface area contributed by atoms with Gasteiger partial charge in [0.05, 0.1) is 11.1 Å². The summed E-state index contributed by atoms with van der Waals surface area (Å²) in [5.74, 6) is 8.10. The summed E-state index contributed by atoms with van der Waals surface area (Å²) in [6.07, 6.45) is 16.2. The van der Waals surface area contributed by atoms with Crippen LogP contribution in [0, 0.1) is 41.2 Å². The Morgan fingerprint density at radius 1 is 0.943 bits per heavy atom. The average Bonchev–Trinajstić information content (AvgIpc) is 2.87. The lowest BCUT2D eigenvalue weighted by atomic mass is 9.63. The quantitative estimate of drug-likeness (QED) is 0.288. The van der Waals surface area contributed by atoms with Gasteiger partial charge in [0, 0.05) is 6.07 Å². The van der Waals surface area contributed by atoms with Crippen molar-refractivity contribution >= 4 is 0 Å². The highest BCUT2D eigenvalue weighted by atomic mass is 19.1. The molecule has 0 amide bonds. The molecule has 2 aromatic carbocycles. The van der Waals surface area contributed by atoms with Gasteiger partial charge in [0.25, 0.3) is 0 Å². The maximum Gasteiger partial charge on any atom is 0.142 e. The van der Waals surface area contributed by atoms with Gasteiger partial charge in [-0.1, -0.05) is 49.1 Å². The largest absolute Gasteiger partial charge is 0.489 e. The summed E-state index contributed by atoms with van der Waals surface area (Å²) < 4.78 is 34.6. The maximum absolute atomic E-state index is 14.9. The average molecular weight is 475 g/mol.